The molecule has 148 valence electrons. The van der Waals surface area contributed by atoms with Crippen molar-refractivity contribution in [1.82, 2.24) is 5.32 Å². The summed E-state index contributed by atoms with van der Waals surface area (Å²) in [7, 11) is 1.30. The Morgan fingerprint density at radius 2 is 2.11 bits per heavy atom. The van der Waals surface area contributed by atoms with Gasteiger partial charge in [-0.05, 0) is 24.8 Å². The molecular weight excluding hydrogens is 360 g/mol. The van der Waals surface area contributed by atoms with E-state index in [4.69, 9.17) is 4.74 Å². The summed E-state index contributed by atoms with van der Waals surface area (Å²) in [5.74, 6) is -1.27. The number of nitrogens with zero attached hydrogens (tertiary/aromatic N) is 1. The first kappa shape index (κ1) is 19.8. The number of dihydropyridines is 1. The number of benzene rings is 1. The summed E-state index contributed by atoms with van der Waals surface area (Å²) in [5, 5.41) is 14.6. The van der Waals surface area contributed by atoms with Gasteiger partial charge in [0.1, 0.15) is 0 Å². The van der Waals surface area contributed by atoms with Gasteiger partial charge in [-0.15, -0.1) is 0 Å². The molecule has 0 spiro atoms. The molecule has 0 fully saturated rings. The van der Waals surface area contributed by atoms with Crippen LogP contribution >= 0.6 is 0 Å². The van der Waals surface area contributed by atoms with Crippen molar-refractivity contribution in [2.24, 2.45) is 5.41 Å². The number of nitrogens with one attached hydrogen (secondary N) is 1. The van der Waals surface area contributed by atoms with Crippen LogP contribution in [0.5, 0.6) is 0 Å². The fourth-order valence-electron chi connectivity index (χ4n) is 3.97. The maximum atomic E-state index is 13.3. The van der Waals surface area contributed by atoms with Crippen LogP contribution in [0.3, 0.4) is 0 Å². The van der Waals surface area contributed by atoms with Gasteiger partial charge >= 0.3 is 5.97 Å². The number of esters is 1. The van der Waals surface area contributed by atoms with Gasteiger partial charge in [0, 0.05) is 40.4 Å². The summed E-state index contributed by atoms with van der Waals surface area (Å²) in [6.07, 6.45) is 1.92. The van der Waals surface area contributed by atoms with E-state index in [0.29, 0.717) is 41.7 Å². The van der Waals surface area contributed by atoms with E-state index in [1.54, 1.807) is 12.1 Å². The minimum Gasteiger partial charge on any atom is -0.466 e. The number of ether oxygens (including phenoxy) is 1. The van der Waals surface area contributed by atoms with Crippen molar-refractivity contribution in [3.8, 4) is 0 Å². The largest absolute Gasteiger partial charge is 0.466 e. The lowest BCUT2D eigenvalue weighted by atomic mass is 9.67. The van der Waals surface area contributed by atoms with Crippen LogP contribution in [0, 0.1) is 15.5 Å². The number of hydrogen-bond acceptors (Lipinski definition) is 6. The average molecular weight is 384 g/mol. The average Bonchev–Trinajstić information content (AvgIpc) is 2.69. The van der Waals surface area contributed by atoms with Crippen molar-refractivity contribution in [2.75, 3.05) is 7.11 Å². The predicted octanol–water partition coefficient (Wildman–Crippen LogP) is 3.76. The maximum absolute atomic E-state index is 13.3. The van der Waals surface area contributed by atoms with Crippen LogP contribution in [0.25, 0.3) is 0 Å². The second-order valence-corrected chi connectivity index (χ2v) is 7.75. The fraction of sp³-hybridized carbons (Fsp3) is 0.429. The first-order valence-corrected chi connectivity index (χ1v) is 9.31. The number of allylic oxidation sites excluding steroid dienone is 3. The van der Waals surface area contributed by atoms with Crippen LogP contribution in [0.15, 0.2) is 46.8 Å². The Bertz CT molecular complexity index is 926. The van der Waals surface area contributed by atoms with E-state index < -0.39 is 22.2 Å². The Hall–Kier alpha value is -2.96. The highest BCUT2D eigenvalue weighted by molar-refractivity contribution is 6.06. The molecule has 0 bridgehead atoms. The van der Waals surface area contributed by atoms with Crippen molar-refractivity contribution < 1.29 is 19.2 Å². The zero-order valence-electron chi connectivity index (χ0n) is 16.5. The molecule has 1 N–H and O–H groups in total. The smallest absolute Gasteiger partial charge is 0.336 e. The van der Waals surface area contributed by atoms with E-state index in [1.807, 2.05) is 20.8 Å². The summed E-state index contributed by atoms with van der Waals surface area (Å²) in [6.45, 7) is 5.69. The van der Waals surface area contributed by atoms with Gasteiger partial charge in [-0.3, -0.25) is 14.9 Å². The lowest BCUT2D eigenvalue weighted by Gasteiger charge is -2.39. The van der Waals surface area contributed by atoms with Gasteiger partial charge in [0.05, 0.1) is 17.6 Å². The number of methoxy groups -OCH3 is 1. The van der Waals surface area contributed by atoms with E-state index in [9.17, 15) is 19.7 Å². The standard InChI is InChI=1S/C21H24N2O5/c1-5-14-18(20(25)28-4)16(12-7-6-8-13(11-12)23(26)27)17-15(22-14)9-10-21(2,3)19(17)24/h6-8,11,16,22H,5,9-10H2,1-4H3. The van der Waals surface area contributed by atoms with E-state index in [2.05, 4.69) is 5.32 Å². The van der Waals surface area contributed by atoms with Crippen molar-refractivity contribution in [2.45, 2.75) is 46.0 Å². The number of rotatable bonds is 4. The second-order valence-electron chi connectivity index (χ2n) is 7.75. The molecule has 1 unspecified atom stereocenters. The lowest BCUT2D eigenvalue weighted by molar-refractivity contribution is -0.384. The van der Waals surface area contributed by atoms with Gasteiger partial charge in [-0.25, -0.2) is 4.79 Å². The molecule has 7 heteroatoms. The van der Waals surface area contributed by atoms with Gasteiger partial charge in [0.2, 0.25) is 0 Å². The van der Waals surface area contributed by atoms with Crippen LogP contribution in [0.1, 0.15) is 51.5 Å². The van der Waals surface area contributed by atoms with E-state index in [-0.39, 0.29) is 11.5 Å². The van der Waals surface area contributed by atoms with Crippen LogP contribution in [0.4, 0.5) is 5.69 Å². The SMILES string of the molecule is CCC1=C(C(=O)OC)C(c2cccc([N+](=O)[O-])c2)C2=C(CCC(C)(C)C2=O)N1. The number of ketones is 1. The Morgan fingerprint density at radius 1 is 1.39 bits per heavy atom. The van der Waals surface area contributed by atoms with E-state index >= 15 is 0 Å². The third kappa shape index (κ3) is 3.21. The number of nitro groups is 1. The molecule has 1 aliphatic carbocycles. The van der Waals surface area contributed by atoms with Crippen LogP contribution in [0.2, 0.25) is 0 Å². The molecule has 0 radical (unpaired) electrons. The minimum absolute atomic E-state index is 0.0469. The van der Waals surface area contributed by atoms with Crippen LogP contribution in [-0.4, -0.2) is 23.8 Å². The molecule has 0 aromatic heterocycles. The topological polar surface area (TPSA) is 98.5 Å². The summed E-state index contributed by atoms with van der Waals surface area (Å²) in [4.78, 5) is 36.8. The highest BCUT2D eigenvalue weighted by atomic mass is 16.6. The zero-order valence-corrected chi connectivity index (χ0v) is 16.5. The number of carbonyl (C=O) groups is 2. The monoisotopic (exact) mass is 384 g/mol. The molecule has 7 nitrogen and oxygen atoms in total. The van der Waals surface area contributed by atoms with Gasteiger partial charge in [0.15, 0.2) is 5.78 Å². The first-order chi connectivity index (χ1) is 13.2. The highest BCUT2D eigenvalue weighted by Crippen LogP contribution is 2.47. The second kappa shape index (κ2) is 7.22. The molecule has 2 aliphatic rings. The van der Waals surface area contributed by atoms with Gasteiger partial charge < -0.3 is 10.1 Å². The van der Waals surface area contributed by atoms with Crippen molar-refractivity contribution in [1.29, 1.82) is 0 Å². The van der Waals surface area contributed by atoms with Gasteiger partial charge in [0.25, 0.3) is 5.69 Å². The molecule has 0 saturated carbocycles. The summed E-state index contributed by atoms with van der Waals surface area (Å²) < 4.78 is 5.01. The number of carbonyl (C=O) groups excluding carboxylic acids is 2. The van der Waals surface area contributed by atoms with E-state index in [0.717, 1.165) is 5.70 Å². The fourth-order valence-corrected chi connectivity index (χ4v) is 3.97. The van der Waals surface area contributed by atoms with Gasteiger partial charge in [-0.1, -0.05) is 32.9 Å². The molecule has 1 atom stereocenters. The molecule has 1 heterocycles. The molecule has 1 aromatic rings. The van der Waals surface area contributed by atoms with Crippen molar-refractivity contribution in [3.63, 3.8) is 0 Å². The Kier molecular flexibility index (Phi) is 5.10. The van der Waals surface area contributed by atoms with Crippen LogP contribution in [-0.2, 0) is 14.3 Å². The number of hydrogen-bond donors (Lipinski definition) is 1. The normalized spacial score (nSPS) is 21.1. The van der Waals surface area contributed by atoms with E-state index in [1.165, 1.54) is 19.2 Å². The molecule has 0 saturated heterocycles. The van der Waals surface area contributed by atoms with Gasteiger partial charge in [-0.2, -0.15) is 0 Å². The molecule has 1 aliphatic heterocycles. The summed E-state index contributed by atoms with van der Waals surface area (Å²) >= 11 is 0. The zero-order chi connectivity index (χ0) is 20.6. The highest BCUT2D eigenvalue weighted by Gasteiger charge is 2.45. The van der Waals surface area contributed by atoms with Crippen LogP contribution < -0.4 is 5.32 Å². The van der Waals surface area contributed by atoms with Crippen molar-refractivity contribution in [3.05, 3.63) is 62.5 Å². The summed E-state index contributed by atoms with van der Waals surface area (Å²) in [6, 6.07) is 6.13. The first-order valence-electron chi connectivity index (χ1n) is 9.31. The predicted molar refractivity (Wildman–Crippen MR) is 103 cm³/mol. The third-order valence-electron chi connectivity index (χ3n) is 5.56. The molecule has 28 heavy (non-hydrogen) atoms. The number of non-ortho nitro benzene ring substituents is 1. The molecule has 0 amide bonds. The molecular formula is C21H24N2O5. The Morgan fingerprint density at radius 3 is 2.71 bits per heavy atom. The number of nitro benzene ring substituents is 1. The Labute approximate surface area is 163 Å². The quantitative estimate of drug-likeness (QED) is 0.482. The van der Waals surface area contributed by atoms with Crippen molar-refractivity contribution >= 4 is 17.4 Å². The lowest BCUT2D eigenvalue weighted by Crippen LogP contribution is -2.40. The third-order valence-corrected chi connectivity index (χ3v) is 5.56. The molecule has 3 rings (SSSR count). The number of Topliss-reactive ketones (excluding diaryl/α,β-unsaturated/α-hetero) is 1. The Balaban J connectivity index is 2.27. The summed E-state index contributed by atoms with van der Waals surface area (Å²) in [5.41, 5.74) is 2.23. The maximum Gasteiger partial charge on any atom is 0.336 e. The minimum atomic E-state index is -0.689. The molecule has 1 aromatic carbocycles.